The molecule has 0 bridgehead atoms. The minimum Gasteiger partial charge on any atom is -0.327 e. The molecule has 1 saturated heterocycles. The molecule has 2 N–H and O–H groups in total. The summed E-state index contributed by atoms with van der Waals surface area (Å²) in [6, 6.07) is 2.70. The highest BCUT2D eigenvalue weighted by Crippen LogP contribution is 2.28. The molecular formula is C13H19N5. The smallest absolute Gasteiger partial charge is 0.155 e. The van der Waals surface area contributed by atoms with E-state index in [1.807, 2.05) is 23.7 Å². The van der Waals surface area contributed by atoms with E-state index in [9.17, 15) is 0 Å². The summed E-state index contributed by atoms with van der Waals surface area (Å²) < 4.78 is 1.87. The van der Waals surface area contributed by atoms with Gasteiger partial charge < -0.3 is 5.73 Å². The third-order valence-electron chi connectivity index (χ3n) is 3.71. The number of rotatable bonds is 1. The van der Waals surface area contributed by atoms with Crippen molar-refractivity contribution in [2.24, 2.45) is 5.73 Å². The normalized spacial score (nSPS) is 25.7. The van der Waals surface area contributed by atoms with Gasteiger partial charge in [-0.25, -0.2) is 9.50 Å². The van der Waals surface area contributed by atoms with E-state index in [1.54, 1.807) is 0 Å². The summed E-state index contributed by atoms with van der Waals surface area (Å²) in [6.45, 7) is 2.93. The third-order valence-corrected chi connectivity index (χ3v) is 3.71. The van der Waals surface area contributed by atoms with E-state index in [0.29, 0.717) is 12.1 Å². The average molecular weight is 245 g/mol. The zero-order valence-electron chi connectivity index (χ0n) is 10.9. The summed E-state index contributed by atoms with van der Waals surface area (Å²) in [7, 11) is 2.13. The van der Waals surface area contributed by atoms with Gasteiger partial charge in [-0.2, -0.15) is 5.10 Å². The number of piperidine rings is 1. The van der Waals surface area contributed by atoms with Gasteiger partial charge in [0.25, 0.3) is 0 Å². The van der Waals surface area contributed by atoms with Crippen LogP contribution in [0.3, 0.4) is 0 Å². The van der Waals surface area contributed by atoms with Crippen LogP contribution in [-0.2, 0) is 0 Å². The first-order valence-electron chi connectivity index (χ1n) is 6.41. The van der Waals surface area contributed by atoms with Crippen molar-refractivity contribution in [3.63, 3.8) is 0 Å². The molecule has 0 aliphatic carbocycles. The maximum Gasteiger partial charge on any atom is 0.155 e. The highest BCUT2D eigenvalue weighted by atomic mass is 15.2. The van der Waals surface area contributed by atoms with E-state index in [-0.39, 0.29) is 0 Å². The summed E-state index contributed by atoms with van der Waals surface area (Å²) in [5.74, 6) is 0. The van der Waals surface area contributed by atoms with Gasteiger partial charge in [0.2, 0.25) is 0 Å². The first-order chi connectivity index (χ1) is 8.63. The zero-order valence-corrected chi connectivity index (χ0v) is 10.9. The van der Waals surface area contributed by atoms with Crippen LogP contribution < -0.4 is 5.73 Å². The van der Waals surface area contributed by atoms with Gasteiger partial charge in [0.15, 0.2) is 5.65 Å². The van der Waals surface area contributed by atoms with Crippen LogP contribution in [0.2, 0.25) is 0 Å². The molecule has 3 heterocycles. The van der Waals surface area contributed by atoms with Crippen molar-refractivity contribution in [2.45, 2.75) is 31.8 Å². The van der Waals surface area contributed by atoms with Crippen LogP contribution in [-0.4, -0.2) is 39.1 Å². The van der Waals surface area contributed by atoms with Gasteiger partial charge in [-0.15, -0.1) is 0 Å². The van der Waals surface area contributed by atoms with Gasteiger partial charge >= 0.3 is 0 Å². The molecule has 0 aromatic carbocycles. The second-order valence-corrected chi connectivity index (χ2v) is 5.27. The lowest BCUT2D eigenvalue weighted by molar-refractivity contribution is 0.169. The molecule has 1 aliphatic heterocycles. The lowest BCUT2D eigenvalue weighted by Crippen LogP contribution is -2.42. The van der Waals surface area contributed by atoms with Crippen molar-refractivity contribution in [1.29, 1.82) is 0 Å². The van der Waals surface area contributed by atoms with E-state index < -0.39 is 0 Å². The number of likely N-dealkylation sites (N-methyl/N-ethyl adjacent to an activating group) is 1. The minimum atomic E-state index is 0.301. The maximum absolute atomic E-state index is 5.98. The molecule has 2 aromatic heterocycles. The van der Waals surface area contributed by atoms with Crippen molar-refractivity contribution in [3.05, 3.63) is 29.7 Å². The number of nitrogens with zero attached hydrogens (tertiary/aromatic N) is 4. The zero-order chi connectivity index (χ0) is 12.7. The van der Waals surface area contributed by atoms with Crippen LogP contribution in [0.15, 0.2) is 18.5 Å². The molecule has 2 aromatic rings. The van der Waals surface area contributed by atoms with Crippen molar-refractivity contribution >= 4 is 5.65 Å². The number of hydrogen-bond acceptors (Lipinski definition) is 4. The van der Waals surface area contributed by atoms with Crippen molar-refractivity contribution in [2.75, 3.05) is 13.6 Å². The first-order valence-corrected chi connectivity index (χ1v) is 6.41. The van der Waals surface area contributed by atoms with E-state index in [1.165, 1.54) is 5.56 Å². The molecule has 1 fully saturated rings. The highest BCUT2D eigenvalue weighted by molar-refractivity contribution is 5.39. The lowest BCUT2D eigenvalue weighted by atomic mass is 9.95. The summed E-state index contributed by atoms with van der Waals surface area (Å²) in [6.07, 6.45) is 6.22. The van der Waals surface area contributed by atoms with Crippen molar-refractivity contribution < 1.29 is 0 Å². The summed E-state index contributed by atoms with van der Waals surface area (Å²) in [4.78, 5) is 6.79. The monoisotopic (exact) mass is 245 g/mol. The molecule has 1 aliphatic rings. The van der Waals surface area contributed by atoms with Crippen LogP contribution in [0.25, 0.3) is 5.65 Å². The number of likely N-dealkylation sites (tertiary alicyclic amines) is 1. The molecule has 5 heteroatoms. The molecule has 3 rings (SSSR count). The Labute approximate surface area is 107 Å². The average Bonchev–Trinajstić information content (AvgIpc) is 2.68. The van der Waals surface area contributed by atoms with Gasteiger partial charge in [-0.05, 0) is 26.8 Å². The Morgan fingerprint density at radius 2 is 2.22 bits per heavy atom. The highest BCUT2D eigenvalue weighted by Gasteiger charge is 2.25. The first kappa shape index (κ1) is 11.6. The third kappa shape index (κ3) is 2.00. The summed E-state index contributed by atoms with van der Waals surface area (Å²) in [5.41, 5.74) is 9.11. The standard InChI is InChI=1S/C13H19N5/c1-9-5-13-15-6-10(7-18(13)16-9)12-4-3-11(14)8-17(12)2/h5-7,11-12H,3-4,8,14H2,1-2H3. The quantitative estimate of drug-likeness (QED) is 0.818. The molecule has 0 spiro atoms. The molecular weight excluding hydrogens is 226 g/mol. The summed E-state index contributed by atoms with van der Waals surface area (Å²) in [5, 5.41) is 4.42. The van der Waals surface area contributed by atoms with Crippen LogP contribution in [0.4, 0.5) is 0 Å². The van der Waals surface area contributed by atoms with Crippen LogP contribution in [0, 0.1) is 6.92 Å². The molecule has 2 unspecified atom stereocenters. The van der Waals surface area contributed by atoms with Gasteiger partial charge in [-0.3, -0.25) is 4.90 Å². The van der Waals surface area contributed by atoms with Crippen LogP contribution in [0.5, 0.6) is 0 Å². The fraction of sp³-hybridized carbons (Fsp3) is 0.538. The molecule has 96 valence electrons. The number of hydrogen-bond donors (Lipinski definition) is 1. The lowest BCUT2D eigenvalue weighted by Gasteiger charge is -2.35. The Hall–Kier alpha value is -1.46. The Morgan fingerprint density at radius 3 is 3.00 bits per heavy atom. The number of nitrogens with two attached hydrogens (primary N) is 1. The minimum absolute atomic E-state index is 0.301. The molecule has 0 radical (unpaired) electrons. The summed E-state index contributed by atoms with van der Waals surface area (Å²) >= 11 is 0. The molecule has 0 amide bonds. The fourth-order valence-corrected chi connectivity index (χ4v) is 2.78. The number of fused-ring (bicyclic) bond motifs is 1. The van der Waals surface area contributed by atoms with Crippen molar-refractivity contribution in [1.82, 2.24) is 19.5 Å². The van der Waals surface area contributed by atoms with Gasteiger partial charge in [0.05, 0.1) is 5.69 Å². The maximum atomic E-state index is 5.98. The Bertz CT molecular complexity index is 562. The topological polar surface area (TPSA) is 59.5 Å². The second-order valence-electron chi connectivity index (χ2n) is 5.27. The predicted octanol–water partition coefficient (Wildman–Crippen LogP) is 1.13. The molecule has 0 saturated carbocycles. The molecule has 18 heavy (non-hydrogen) atoms. The van der Waals surface area contributed by atoms with Crippen molar-refractivity contribution in [3.8, 4) is 0 Å². The van der Waals surface area contributed by atoms with Gasteiger partial charge in [-0.1, -0.05) is 0 Å². The van der Waals surface area contributed by atoms with Gasteiger partial charge in [0.1, 0.15) is 0 Å². The van der Waals surface area contributed by atoms with E-state index in [4.69, 9.17) is 5.73 Å². The van der Waals surface area contributed by atoms with E-state index in [2.05, 4.69) is 28.2 Å². The Kier molecular flexibility index (Phi) is 2.80. The van der Waals surface area contributed by atoms with E-state index in [0.717, 1.165) is 30.7 Å². The van der Waals surface area contributed by atoms with E-state index >= 15 is 0 Å². The van der Waals surface area contributed by atoms with Gasteiger partial charge in [0, 0.05) is 42.7 Å². The van der Waals surface area contributed by atoms with Crippen LogP contribution >= 0.6 is 0 Å². The molecule has 5 nitrogen and oxygen atoms in total. The SMILES string of the molecule is Cc1cc2ncc(C3CCC(N)CN3C)cn2n1. The largest absolute Gasteiger partial charge is 0.327 e. The number of aromatic nitrogens is 3. The fourth-order valence-electron chi connectivity index (χ4n) is 2.78. The second kappa shape index (κ2) is 4.33. The Morgan fingerprint density at radius 1 is 1.39 bits per heavy atom. The Balaban J connectivity index is 1.93. The number of aryl methyl sites for hydroxylation is 1. The van der Waals surface area contributed by atoms with Crippen LogP contribution in [0.1, 0.15) is 30.1 Å². The molecule has 2 atom stereocenters. The predicted molar refractivity (Wildman–Crippen MR) is 70.3 cm³/mol.